The zero-order valence-corrected chi connectivity index (χ0v) is 12.6. The van der Waals surface area contributed by atoms with Gasteiger partial charge in [-0.15, -0.1) is 0 Å². The van der Waals surface area contributed by atoms with Crippen LogP contribution in [-0.4, -0.2) is 33.7 Å². The van der Waals surface area contributed by atoms with E-state index in [4.69, 9.17) is 14.2 Å². The van der Waals surface area contributed by atoms with E-state index in [2.05, 4.69) is 4.98 Å². The average Bonchev–Trinajstić information content (AvgIpc) is 2.87. The van der Waals surface area contributed by atoms with Crippen molar-refractivity contribution in [2.45, 2.75) is 64.4 Å². The van der Waals surface area contributed by atoms with Crippen LogP contribution < -0.4 is 11.2 Å². The Balaban J connectivity index is 2.01. The zero-order chi connectivity index (χ0) is 15.4. The van der Waals surface area contributed by atoms with Crippen molar-refractivity contribution in [3.8, 4) is 0 Å². The molecule has 116 valence electrons. The smallest absolute Gasteiger partial charge is 0.330 e. The minimum absolute atomic E-state index is 0.138. The van der Waals surface area contributed by atoms with Crippen LogP contribution in [0.2, 0.25) is 0 Å². The normalized spacial score (nSPS) is 34.1. The first-order valence-corrected chi connectivity index (χ1v) is 7.15. The number of nitrogens with zero attached hydrogens (tertiary/aromatic N) is 1. The van der Waals surface area contributed by atoms with E-state index < -0.39 is 17.7 Å². The second-order valence-corrected chi connectivity index (χ2v) is 6.02. The lowest BCUT2D eigenvalue weighted by Crippen LogP contribution is -2.38. The van der Waals surface area contributed by atoms with Gasteiger partial charge < -0.3 is 14.2 Å². The Morgan fingerprint density at radius 3 is 2.62 bits per heavy atom. The molecule has 2 fully saturated rings. The summed E-state index contributed by atoms with van der Waals surface area (Å²) in [6.07, 6.45) is 0.955. The van der Waals surface area contributed by atoms with Crippen LogP contribution in [0.15, 0.2) is 15.8 Å². The van der Waals surface area contributed by atoms with Gasteiger partial charge >= 0.3 is 5.69 Å². The molecule has 7 nitrogen and oxygen atoms in total. The summed E-state index contributed by atoms with van der Waals surface area (Å²) in [7, 11) is 0. The van der Waals surface area contributed by atoms with Gasteiger partial charge in [0.2, 0.25) is 0 Å². The highest BCUT2D eigenvalue weighted by atomic mass is 16.8. The molecule has 0 aromatic carbocycles. The second-order valence-electron chi connectivity index (χ2n) is 6.02. The molecule has 1 aromatic heterocycles. The Morgan fingerprint density at radius 2 is 1.95 bits per heavy atom. The van der Waals surface area contributed by atoms with E-state index >= 15 is 0 Å². The quantitative estimate of drug-likeness (QED) is 0.867. The Bertz CT molecular complexity index is 662. The summed E-state index contributed by atoms with van der Waals surface area (Å²) in [6, 6.07) is 0. The number of aromatic nitrogens is 2. The Morgan fingerprint density at radius 1 is 1.29 bits per heavy atom. The van der Waals surface area contributed by atoms with E-state index in [0.29, 0.717) is 5.56 Å². The summed E-state index contributed by atoms with van der Waals surface area (Å²) >= 11 is 0. The Labute approximate surface area is 121 Å². The van der Waals surface area contributed by atoms with Crippen molar-refractivity contribution in [3.05, 3.63) is 32.6 Å². The van der Waals surface area contributed by atoms with Crippen molar-refractivity contribution in [3.63, 3.8) is 0 Å². The number of fused-ring (bicyclic) bond motifs is 1. The molecule has 7 heteroatoms. The lowest BCUT2D eigenvalue weighted by molar-refractivity contribution is -0.197. The number of ether oxygens (including phenoxy) is 3. The van der Waals surface area contributed by atoms with Crippen LogP contribution in [0.5, 0.6) is 0 Å². The highest BCUT2D eigenvalue weighted by Gasteiger charge is 2.55. The summed E-state index contributed by atoms with van der Waals surface area (Å²) in [5.41, 5.74) is -0.436. The van der Waals surface area contributed by atoms with Crippen LogP contribution in [0.4, 0.5) is 0 Å². The van der Waals surface area contributed by atoms with Crippen LogP contribution in [0.1, 0.15) is 39.0 Å². The summed E-state index contributed by atoms with van der Waals surface area (Å²) in [6.45, 7) is 7.33. The fourth-order valence-corrected chi connectivity index (χ4v) is 2.99. The van der Waals surface area contributed by atoms with Gasteiger partial charge in [0.25, 0.3) is 5.56 Å². The van der Waals surface area contributed by atoms with Gasteiger partial charge in [-0.05, 0) is 27.2 Å². The molecular formula is C14H20N2O5. The molecule has 2 aliphatic rings. The molecule has 1 aromatic rings. The highest BCUT2D eigenvalue weighted by Crippen LogP contribution is 2.43. The second kappa shape index (κ2) is 4.79. The molecule has 4 atom stereocenters. The topological polar surface area (TPSA) is 82.6 Å². The minimum Gasteiger partial charge on any atom is -0.349 e. The number of aromatic amines is 1. The maximum atomic E-state index is 12.1. The molecule has 1 N–H and O–H groups in total. The van der Waals surface area contributed by atoms with Crippen molar-refractivity contribution < 1.29 is 14.2 Å². The number of hydrogen-bond acceptors (Lipinski definition) is 5. The summed E-state index contributed by atoms with van der Waals surface area (Å²) in [5, 5.41) is 0. The number of rotatable bonds is 2. The first-order chi connectivity index (χ1) is 9.82. The summed E-state index contributed by atoms with van der Waals surface area (Å²) in [5.74, 6) is -0.703. The average molecular weight is 296 g/mol. The van der Waals surface area contributed by atoms with E-state index in [-0.39, 0.29) is 23.9 Å². The lowest BCUT2D eigenvalue weighted by Gasteiger charge is -2.24. The fourth-order valence-electron chi connectivity index (χ4n) is 2.99. The van der Waals surface area contributed by atoms with Crippen LogP contribution in [0.25, 0.3) is 0 Å². The maximum absolute atomic E-state index is 12.1. The summed E-state index contributed by atoms with van der Waals surface area (Å²) in [4.78, 5) is 25.8. The van der Waals surface area contributed by atoms with E-state index in [9.17, 15) is 9.59 Å². The van der Waals surface area contributed by atoms with Crippen molar-refractivity contribution in [1.82, 2.24) is 9.55 Å². The third-order valence-corrected chi connectivity index (χ3v) is 3.95. The lowest BCUT2D eigenvalue weighted by atomic mass is 10.1. The third-order valence-electron chi connectivity index (χ3n) is 3.95. The van der Waals surface area contributed by atoms with Gasteiger partial charge in [0.05, 0.1) is 6.10 Å². The van der Waals surface area contributed by atoms with Gasteiger partial charge in [-0.2, -0.15) is 0 Å². The van der Waals surface area contributed by atoms with Gasteiger partial charge in [-0.25, -0.2) is 4.79 Å². The van der Waals surface area contributed by atoms with Crippen LogP contribution >= 0.6 is 0 Å². The van der Waals surface area contributed by atoms with E-state index in [0.717, 1.165) is 6.42 Å². The molecule has 3 rings (SSSR count). The standard InChI is InChI=1S/C14H20N2O5/c1-5-8-9-10(21-14(3,4)20-9)12(19-8)16-6-7(2)11(17)15-13(16)18/h6,8-10,12H,5H2,1-4H3,(H,15,17,18)/t8-,9-,10-,12-/m1/s1. The molecular weight excluding hydrogens is 276 g/mol. The first-order valence-electron chi connectivity index (χ1n) is 7.15. The number of aryl methyl sites for hydroxylation is 1. The maximum Gasteiger partial charge on any atom is 0.330 e. The molecule has 0 bridgehead atoms. The van der Waals surface area contributed by atoms with Crippen molar-refractivity contribution in [2.75, 3.05) is 0 Å². The fraction of sp³-hybridized carbons (Fsp3) is 0.714. The zero-order valence-electron chi connectivity index (χ0n) is 12.6. The molecule has 0 unspecified atom stereocenters. The predicted octanol–water partition coefficient (Wildman–Crippen LogP) is 0.673. The number of hydrogen-bond donors (Lipinski definition) is 1. The highest BCUT2D eigenvalue weighted by molar-refractivity contribution is 5.04. The third kappa shape index (κ3) is 2.35. The largest absolute Gasteiger partial charge is 0.349 e. The molecule has 0 spiro atoms. The minimum atomic E-state index is -0.703. The van der Waals surface area contributed by atoms with Gasteiger partial charge in [0, 0.05) is 11.8 Å². The van der Waals surface area contributed by atoms with Crippen molar-refractivity contribution in [2.24, 2.45) is 0 Å². The first kappa shape index (κ1) is 14.5. The van der Waals surface area contributed by atoms with Crippen LogP contribution in [-0.2, 0) is 14.2 Å². The monoisotopic (exact) mass is 296 g/mol. The van der Waals surface area contributed by atoms with Gasteiger partial charge in [-0.3, -0.25) is 14.3 Å². The SMILES string of the molecule is CC[C@H]1O[C@@H](n2cc(C)c(=O)[nH]c2=O)[C@@H]2OC(C)(C)O[C@@H]21. The molecule has 2 aliphatic heterocycles. The van der Waals surface area contributed by atoms with Gasteiger partial charge in [0.15, 0.2) is 12.0 Å². The number of H-pyrrole nitrogens is 1. The van der Waals surface area contributed by atoms with E-state index in [1.807, 2.05) is 20.8 Å². The number of nitrogens with one attached hydrogen (secondary N) is 1. The molecule has 21 heavy (non-hydrogen) atoms. The molecule has 0 radical (unpaired) electrons. The van der Waals surface area contributed by atoms with Gasteiger partial charge in [0.1, 0.15) is 12.2 Å². The molecule has 0 saturated carbocycles. The van der Waals surface area contributed by atoms with Crippen LogP contribution in [0.3, 0.4) is 0 Å². The molecule has 0 amide bonds. The Hall–Kier alpha value is -1.44. The molecule has 2 saturated heterocycles. The van der Waals surface area contributed by atoms with E-state index in [1.54, 1.807) is 6.92 Å². The predicted molar refractivity (Wildman–Crippen MR) is 74.1 cm³/mol. The van der Waals surface area contributed by atoms with E-state index in [1.165, 1.54) is 10.8 Å². The Kier molecular flexibility index (Phi) is 3.31. The van der Waals surface area contributed by atoms with Crippen molar-refractivity contribution >= 4 is 0 Å². The van der Waals surface area contributed by atoms with Gasteiger partial charge in [-0.1, -0.05) is 6.92 Å². The molecule has 0 aliphatic carbocycles. The molecule has 3 heterocycles. The van der Waals surface area contributed by atoms with Crippen LogP contribution in [0, 0.1) is 6.92 Å². The summed E-state index contributed by atoms with van der Waals surface area (Å²) < 4.78 is 19.1. The van der Waals surface area contributed by atoms with Crippen molar-refractivity contribution in [1.29, 1.82) is 0 Å².